The predicted molar refractivity (Wildman–Crippen MR) is 86.5 cm³/mol. The Morgan fingerprint density at radius 2 is 1.90 bits per heavy atom. The monoisotopic (exact) mass is 317 g/mol. The third kappa shape index (κ3) is 5.19. The molecule has 0 aliphatic rings. The maximum atomic E-state index is 12.1. The lowest BCUT2D eigenvalue weighted by Crippen LogP contribution is -2.35. The number of halogens is 2. The highest BCUT2D eigenvalue weighted by Gasteiger charge is 2.14. The molecule has 0 aliphatic heterocycles. The summed E-state index contributed by atoms with van der Waals surface area (Å²) >= 11 is 12.1. The predicted octanol–water partition coefficient (Wildman–Crippen LogP) is 3.49. The first-order chi connectivity index (χ1) is 9.33. The number of nitrogens with zero attached hydrogens (tertiary/aromatic N) is 1. The van der Waals surface area contributed by atoms with Crippen LogP contribution in [-0.2, 0) is 4.79 Å². The maximum Gasteiger partial charge on any atom is 0.238 e. The van der Waals surface area contributed by atoms with Crippen LogP contribution in [0, 0.1) is 5.92 Å². The molecule has 0 unspecified atom stereocenters. The molecule has 4 nitrogen and oxygen atoms in total. The largest absolute Gasteiger partial charge is 0.399 e. The van der Waals surface area contributed by atoms with Crippen molar-refractivity contribution in [1.82, 2.24) is 4.90 Å². The third-order valence-corrected chi connectivity index (χ3v) is 3.36. The average molecular weight is 318 g/mol. The van der Waals surface area contributed by atoms with Gasteiger partial charge in [-0.3, -0.25) is 9.69 Å². The molecule has 1 aromatic carbocycles. The molecule has 112 valence electrons. The summed E-state index contributed by atoms with van der Waals surface area (Å²) in [5, 5.41) is 3.43. The van der Waals surface area contributed by atoms with Crippen molar-refractivity contribution in [2.24, 2.45) is 5.92 Å². The molecule has 20 heavy (non-hydrogen) atoms. The number of rotatable bonds is 6. The van der Waals surface area contributed by atoms with E-state index in [1.54, 1.807) is 12.1 Å². The highest BCUT2D eigenvalue weighted by Crippen LogP contribution is 2.32. The minimum atomic E-state index is -0.138. The Morgan fingerprint density at radius 3 is 2.35 bits per heavy atom. The van der Waals surface area contributed by atoms with E-state index in [-0.39, 0.29) is 5.91 Å². The molecule has 1 rings (SSSR count). The van der Waals surface area contributed by atoms with Crippen LogP contribution in [0.2, 0.25) is 10.0 Å². The van der Waals surface area contributed by atoms with E-state index < -0.39 is 0 Å². The Labute approximate surface area is 130 Å². The number of hydrogen-bond acceptors (Lipinski definition) is 3. The van der Waals surface area contributed by atoms with E-state index >= 15 is 0 Å². The van der Waals surface area contributed by atoms with Gasteiger partial charge in [0, 0.05) is 12.2 Å². The maximum absolute atomic E-state index is 12.1. The van der Waals surface area contributed by atoms with Crippen LogP contribution in [0.4, 0.5) is 11.4 Å². The number of likely N-dealkylation sites (N-methyl/N-ethyl adjacent to an activating group) is 1. The first kappa shape index (κ1) is 17.1. The van der Waals surface area contributed by atoms with E-state index in [9.17, 15) is 4.79 Å². The quantitative estimate of drug-likeness (QED) is 0.789. The highest BCUT2D eigenvalue weighted by atomic mass is 35.5. The number of carbonyl (C=O) groups excluding carboxylic acids is 1. The molecular formula is C14H21Cl2N3O. The molecule has 0 radical (unpaired) electrons. The van der Waals surface area contributed by atoms with E-state index in [0.29, 0.717) is 33.9 Å². The molecule has 0 saturated carbocycles. The van der Waals surface area contributed by atoms with Crippen LogP contribution < -0.4 is 11.1 Å². The van der Waals surface area contributed by atoms with Crippen LogP contribution in [0.5, 0.6) is 0 Å². The van der Waals surface area contributed by atoms with Crippen LogP contribution in [0.25, 0.3) is 0 Å². The Morgan fingerprint density at radius 1 is 1.35 bits per heavy atom. The molecule has 0 aliphatic carbocycles. The van der Waals surface area contributed by atoms with Crippen LogP contribution >= 0.6 is 23.2 Å². The molecule has 0 atom stereocenters. The van der Waals surface area contributed by atoms with Crippen molar-refractivity contribution < 1.29 is 4.79 Å². The smallest absolute Gasteiger partial charge is 0.238 e. The number of benzene rings is 1. The molecule has 0 spiro atoms. The van der Waals surface area contributed by atoms with Crippen LogP contribution in [0.15, 0.2) is 12.1 Å². The summed E-state index contributed by atoms with van der Waals surface area (Å²) in [6.45, 7) is 8.26. The van der Waals surface area contributed by atoms with Gasteiger partial charge in [-0.2, -0.15) is 0 Å². The molecule has 0 fully saturated rings. The summed E-state index contributed by atoms with van der Waals surface area (Å²) in [6.07, 6.45) is 0. The molecule has 1 aromatic rings. The van der Waals surface area contributed by atoms with Gasteiger partial charge in [0.05, 0.1) is 22.3 Å². The normalized spacial score (nSPS) is 11.2. The molecule has 0 heterocycles. The summed E-state index contributed by atoms with van der Waals surface area (Å²) in [5.41, 5.74) is 6.50. The highest BCUT2D eigenvalue weighted by molar-refractivity contribution is 6.40. The standard InChI is InChI=1S/C14H21Cl2N3O/c1-4-19(7-9(2)3)8-13(20)18-14-11(15)5-10(17)6-12(14)16/h5-6,9H,4,7-8,17H2,1-3H3,(H,18,20). The second-order valence-electron chi connectivity index (χ2n) is 5.13. The van der Waals surface area contributed by atoms with Crippen LogP contribution in [-0.4, -0.2) is 30.4 Å². The summed E-state index contributed by atoms with van der Waals surface area (Å²) in [5.74, 6) is 0.368. The van der Waals surface area contributed by atoms with Gasteiger partial charge in [0.25, 0.3) is 0 Å². The number of anilines is 2. The van der Waals surface area contributed by atoms with Crippen LogP contribution in [0.3, 0.4) is 0 Å². The van der Waals surface area contributed by atoms with Gasteiger partial charge in [-0.25, -0.2) is 0 Å². The van der Waals surface area contributed by atoms with Crippen molar-refractivity contribution in [1.29, 1.82) is 0 Å². The Kier molecular flexibility index (Phi) is 6.59. The van der Waals surface area contributed by atoms with Gasteiger partial charge < -0.3 is 11.1 Å². The number of amides is 1. The second-order valence-corrected chi connectivity index (χ2v) is 5.94. The number of nitrogens with two attached hydrogens (primary N) is 1. The fraction of sp³-hybridized carbons (Fsp3) is 0.500. The second kappa shape index (κ2) is 7.72. The van der Waals surface area contributed by atoms with Crippen molar-refractivity contribution in [3.05, 3.63) is 22.2 Å². The van der Waals surface area contributed by atoms with E-state index in [1.807, 2.05) is 6.92 Å². The van der Waals surface area contributed by atoms with Crippen molar-refractivity contribution in [3.63, 3.8) is 0 Å². The van der Waals surface area contributed by atoms with Gasteiger partial charge >= 0.3 is 0 Å². The minimum Gasteiger partial charge on any atom is -0.399 e. The first-order valence-corrected chi connectivity index (χ1v) is 7.35. The Bertz CT molecular complexity index is 454. The molecule has 0 saturated heterocycles. The molecule has 0 bridgehead atoms. The van der Waals surface area contributed by atoms with Crippen molar-refractivity contribution in [2.45, 2.75) is 20.8 Å². The molecular weight excluding hydrogens is 297 g/mol. The van der Waals surface area contributed by atoms with Crippen molar-refractivity contribution in [2.75, 3.05) is 30.7 Å². The van der Waals surface area contributed by atoms with Gasteiger partial charge in [-0.05, 0) is 24.6 Å². The zero-order valence-electron chi connectivity index (χ0n) is 12.0. The van der Waals surface area contributed by atoms with Gasteiger partial charge in [0.15, 0.2) is 0 Å². The lowest BCUT2D eigenvalue weighted by atomic mass is 10.2. The third-order valence-electron chi connectivity index (χ3n) is 2.77. The van der Waals surface area contributed by atoms with Gasteiger partial charge in [0.2, 0.25) is 5.91 Å². The zero-order valence-corrected chi connectivity index (χ0v) is 13.6. The lowest BCUT2D eigenvalue weighted by molar-refractivity contribution is -0.117. The molecule has 3 N–H and O–H groups in total. The number of carbonyl (C=O) groups is 1. The molecule has 0 aromatic heterocycles. The summed E-state index contributed by atoms with van der Waals surface area (Å²) < 4.78 is 0. The minimum absolute atomic E-state index is 0.138. The van der Waals surface area contributed by atoms with E-state index in [2.05, 4.69) is 24.1 Å². The Hall–Kier alpha value is -0.970. The topological polar surface area (TPSA) is 58.4 Å². The average Bonchev–Trinajstić information content (AvgIpc) is 2.32. The number of nitrogens with one attached hydrogen (secondary N) is 1. The number of hydrogen-bond donors (Lipinski definition) is 2. The van der Waals surface area contributed by atoms with Crippen molar-refractivity contribution in [3.8, 4) is 0 Å². The van der Waals surface area contributed by atoms with Gasteiger partial charge in [0.1, 0.15) is 0 Å². The van der Waals surface area contributed by atoms with E-state index in [0.717, 1.165) is 13.1 Å². The lowest BCUT2D eigenvalue weighted by Gasteiger charge is -2.22. The van der Waals surface area contributed by atoms with Gasteiger partial charge in [-0.1, -0.05) is 44.0 Å². The SMILES string of the molecule is CCN(CC(=O)Nc1c(Cl)cc(N)cc1Cl)CC(C)C. The fourth-order valence-electron chi connectivity index (χ4n) is 1.92. The van der Waals surface area contributed by atoms with Gasteiger partial charge in [-0.15, -0.1) is 0 Å². The summed E-state index contributed by atoms with van der Waals surface area (Å²) in [6, 6.07) is 3.13. The van der Waals surface area contributed by atoms with E-state index in [4.69, 9.17) is 28.9 Å². The zero-order chi connectivity index (χ0) is 15.3. The van der Waals surface area contributed by atoms with E-state index in [1.165, 1.54) is 0 Å². The first-order valence-electron chi connectivity index (χ1n) is 6.60. The number of nitrogen functional groups attached to an aromatic ring is 1. The fourth-order valence-corrected chi connectivity index (χ4v) is 2.51. The van der Waals surface area contributed by atoms with Crippen LogP contribution in [0.1, 0.15) is 20.8 Å². The van der Waals surface area contributed by atoms with Crippen molar-refractivity contribution >= 4 is 40.5 Å². The molecule has 6 heteroatoms. The molecule has 1 amide bonds. The Balaban J connectivity index is 2.71. The summed E-state index contributed by atoms with van der Waals surface area (Å²) in [7, 11) is 0. The summed E-state index contributed by atoms with van der Waals surface area (Å²) in [4.78, 5) is 14.1.